The summed E-state index contributed by atoms with van der Waals surface area (Å²) in [5.74, 6) is 0.217. The van der Waals surface area contributed by atoms with Crippen molar-refractivity contribution in [3.05, 3.63) is 6.33 Å². The number of H-pyrrole nitrogens is 1. The summed E-state index contributed by atoms with van der Waals surface area (Å²) in [6, 6.07) is 0. The Morgan fingerprint density at radius 3 is 3.11 bits per heavy atom. The second kappa shape index (κ2) is 2.25. The number of anilines is 1. The van der Waals surface area contributed by atoms with Gasteiger partial charge in [-0.3, -0.25) is 10.1 Å². The Hall–Kier alpha value is -1.39. The van der Waals surface area contributed by atoms with E-state index in [0.29, 0.717) is 5.95 Å². The summed E-state index contributed by atoms with van der Waals surface area (Å²) in [4.78, 5) is 14.0. The molecule has 2 N–H and O–H groups in total. The lowest BCUT2D eigenvalue weighted by atomic mass is 10.7. The van der Waals surface area contributed by atoms with Gasteiger partial charge in [-0.2, -0.15) is 10.1 Å². The number of carbonyl (C=O) groups excluding carboxylic acids is 1. The van der Waals surface area contributed by atoms with Crippen LogP contribution in [0.4, 0.5) is 5.95 Å². The largest absolute Gasteiger partial charge is 0.295 e. The lowest BCUT2D eigenvalue weighted by molar-refractivity contribution is -0.114. The zero-order chi connectivity index (χ0) is 6.69. The van der Waals surface area contributed by atoms with Crippen LogP contribution in [-0.2, 0) is 4.79 Å². The molecule has 1 rings (SSSR count). The van der Waals surface area contributed by atoms with Crippen molar-refractivity contribution >= 4 is 11.9 Å². The van der Waals surface area contributed by atoms with Crippen LogP contribution in [0.25, 0.3) is 0 Å². The summed E-state index contributed by atoms with van der Waals surface area (Å²) in [5, 5.41) is 8.42. The Balaban J connectivity index is 2.58. The van der Waals surface area contributed by atoms with Crippen LogP contribution in [0.2, 0.25) is 0 Å². The number of nitrogens with one attached hydrogen (secondary N) is 2. The molecule has 48 valence electrons. The number of amides is 1. The standard InChI is InChI=1S/C4H6N4O/c1-3(9)7-4-5-2-6-8-4/h2H,1H3,(H2,5,6,7,8,9). The fourth-order valence-corrected chi connectivity index (χ4v) is 0.432. The van der Waals surface area contributed by atoms with Gasteiger partial charge in [-0.25, -0.2) is 5.10 Å². The zero-order valence-electron chi connectivity index (χ0n) is 4.88. The Morgan fingerprint density at radius 1 is 1.89 bits per heavy atom. The van der Waals surface area contributed by atoms with Gasteiger partial charge in [-0.05, 0) is 0 Å². The number of rotatable bonds is 1. The van der Waals surface area contributed by atoms with Crippen molar-refractivity contribution in [3.63, 3.8) is 0 Å². The smallest absolute Gasteiger partial charge is 0.225 e. The van der Waals surface area contributed by atoms with Crippen LogP contribution in [0.15, 0.2) is 6.33 Å². The van der Waals surface area contributed by atoms with Crippen molar-refractivity contribution in [1.82, 2.24) is 15.2 Å². The minimum Gasteiger partial charge on any atom is -0.295 e. The minimum absolute atomic E-state index is 0.160. The normalized spacial score (nSPS) is 9.00. The molecule has 1 aromatic rings. The third-order valence-electron chi connectivity index (χ3n) is 0.709. The molecule has 1 aromatic heterocycles. The molecule has 0 spiro atoms. The average molecular weight is 126 g/mol. The second-order valence-corrected chi connectivity index (χ2v) is 1.52. The Morgan fingerprint density at radius 2 is 2.67 bits per heavy atom. The molecule has 0 aromatic carbocycles. The maximum absolute atomic E-state index is 10.3. The molecule has 1 amide bonds. The molecule has 0 fully saturated rings. The monoisotopic (exact) mass is 126 g/mol. The van der Waals surface area contributed by atoms with Gasteiger partial charge in [0.15, 0.2) is 0 Å². The molecule has 0 saturated carbocycles. The highest BCUT2D eigenvalue weighted by molar-refractivity contribution is 5.86. The van der Waals surface area contributed by atoms with E-state index in [-0.39, 0.29) is 5.91 Å². The number of aromatic nitrogens is 3. The Kier molecular flexibility index (Phi) is 1.44. The van der Waals surface area contributed by atoms with Crippen molar-refractivity contribution in [2.45, 2.75) is 6.92 Å². The highest BCUT2D eigenvalue weighted by atomic mass is 16.1. The third-order valence-corrected chi connectivity index (χ3v) is 0.709. The molecule has 0 aliphatic carbocycles. The fraction of sp³-hybridized carbons (Fsp3) is 0.250. The summed E-state index contributed by atoms with van der Waals surface area (Å²) in [6.45, 7) is 1.41. The first kappa shape index (κ1) is 5.74. The Bertz CT molecular complexity index is 192. The van der Waals surface area contributed by atoms with Crippen LogP contribution in [0.5, 0.6) is 0 Å². The van der Waals surface area contributed by atoms with Crippen molar-refractivity contribution in [3.8, 4) is 0 Å². The number of hydrogen-bond acceptors (Lipinski definition) is 3. The first-order chi connectivity index (χ1) is 4.29. The van der Waals surface area contributed by atoms with Gasteiger partial charge in [0.1, 0.15) is 6.33 Å². The van der Waals surface area contributed by atoms with E-state index in [1.807, 2.05) is 0 Å². The highest BCUT2D eigenvalue weighted by Gasteiger charge is 1.93. The first-order valence-electron chi connectivity index (χ1n) is 2.42. The molecule has 1 heterocycles. The van der Waals surface area contributed by atoms with Gasteiger partial charge in [0.2, 0.25) is 11.9 Å². The van der Waals surface area contributed by atoms with E-state index in [2.05, 4.69) is 20.5 Å². The summed E-state index contributed by atoms with van der Waals surface area (Å²) >= 11 is 0. The molecule has 0 radical (unpaired) electrons. The molecule has 0 unspecified atom stereocenters. The highest BCUT2D eigenvalue weighted by Crippen LogP contribution is 1.89. The molecule has 9 heavy (non-hydrogen) atoms. The Labute approximate surface area is 51.5 Å². The van der Waals surface area contributed by atoms with Crippen molar-refractivity contribution in [2.75, 3.05) is 5.32 Å². The number of hydrogen-bond donors (Lipinski definition) is 2. The van der Waals surface area contributed by atoms with Crippen LogP contribution >= 0.6 is 0 Å². The maximum atomic E-state index is 10.3. The van der Waals surface area contributed by atoms with Gasteiger partial charge < -0.3 is 0 Å². The molecular weight excluding hydrogens is 120 g/mol. The number of carbonyl (C=O) groups is 1. The molecule has 0 saturated heterocycles. The van der Waals surface area contributed by atoms with Crippen LogP contribution < -0.4 is 5.32 Å². The maximum Gasteiger partial charge on any atom is 0.225 e. The second-order valence-electron chi connectivity index (χ2n) is 1.52. The first-order valence-corrected chi connectivity index (χ1v) is 2.42. The van der Waals surface area contributed by atoms with E-state index < -0.39 is 0 Å². The van der Waals surface area contributed by atoms with E-state index in [9.17, 15) is 4.79 Å². The molecule has 0 atom stereocenters. The molecule has 0 aliphatic heterocycles. The van der Waals surface area contributed by atoms with Gasteiger partial charge in [0, 0.05) is 6.92 Å². The van der Waals surface area contributed by atoms with E-state index in [1.54, 1.807) is 0 Å². The van der Waals surface area contributed by atoms with Gasteiger partial charge >= 0.3 is 0 Å². The summed E-state index contributed by atoms with van der Waals surface area (Å²) in [5.41, 5.74) is 0. The van der Waals surface area contributed by atoms with Crippen LogP contribution in [-0.4, -0.2) is 21.1 Å². The lowest BCUT2D eigenvalue weighted by Gasteiger charge is -1.90. The van der Waals surface area contributed by atoms with E-state index in [0.717, 1.165) is 0 Å². The van der Waals surface area contributed by atoms with Crippen molar-refractivity contribution in [2.24, 2.45) is 0 Å². The predicted molar refractivity (Wildman–Crippen MR) is 30.7 cm³/mol. The van der Waals surface area contributed by atoms with Crippen LogP contribution in [0.3, 0.4) is 0 Å². The predicted octanol–water partition coefficient (Wildman–Crippen LogP) is -0.237. The van der Waals surface area contributed by atoms with Crippen molar-refractivity contribution < 1.29 is 4.79 Å². The molecule has 0 aliphatic rings. The zero-order valence-corrected chi connectivity index (χ0v) is 4.88. The molecule has 0 bridgehead atoms. The van der Waals surface area contributed by atoms with E-state index in [1.165, 1.54) is 13.3 Å². The molecular formula is C4H6N4O. The average Bonchev–Trinajstić information content (AvgIpc) is 2.15. The summed E-state index contributed by atoms with van der Waals surface area (Å²) in [6.07, 6.45) is 1.32. The lowest BCUT2D eigenvalue weighted by Crippen LogP contribution is -2.06. The van der Waals surface area contributed by atoms with Crippen LogP contribution in [0.1, 0.15) is 6.92 Å². The summed E-state index contributed by atoms with van der Waals surface area (Å²) < 4.78 is 0. The third kappa shape index (κ3) is 1.52. The molecule has 5 heteroatoms. The van der Waals surface area contributed by atoms with Crippen molar-refractivity contribution in [1.29, 1.82) is 0 Å². The van der Waals surface area contributed by atoms with Gasteiger partial charge in [-0.1, -0.05) is 0 Å². The van der Waals surface area contributed by atoms with Crippen LogP contribution in [0, 0.1) is 0 Å². The SMILES string of the molecule is CC(=O)Nc1ncn[nH]1. The van der Waals surface area contributed by atoms with E-state index >= 15 is 0 Å². The van der Waals surface area contributed by atoms with Gasteiger partial charge in [-0.15, -0.1) is 0 Å². The quantitative estimate of drug-likeness (QED) is 0.545. The fourth-order valence-electron chi connectivity index (χ4n) is 0.432. The van der Waals surface area contributed by atoms with Gasteiger partial charge in [0.25, 0.3) is 0 Å². The molecule has 5 nitrogen and oxygen atoms in total. The van der Waals surface area contributed by atoms with E-state index in [4.69, 9.17) is 0 Å². The number of aromatic amines is 1. The number of nitrogens with zero attached hydrogens (tertiary/aromatic N) is 2. The minimum atomic E-state index is -0.160. The summed E-state index contributed by atoms with van der Waals surface area (Å²) in [7, 11) is 0. The topological polar surface area (TPSA) is 70.7 Å². The van der Waals surface area contributed by atoms with Gasteiger partial charge in [0.05, 0.1) is 0 Å².